The Hall–Kier alpha value is -1.70. The van der Waals surface area contributed by atoms with Gasteiger partial charge in [0.25, 0.3) is 0 Å². The second-order valence-electron chi connectivity index (χ2n) is 6.78. The predicted molar refractivity (Wildman–Crippen MR) is 88.6 cm³/mol. The van der Waals surface area contributed by atoms with Crippen LogP contribution >= 0.6 is 0 Å². The number of fused-ring (bicyclic) bond motifs is 2. The molecule has 0 bridgehead atoms. The Labute approximate surface area is 127 Å². The minimum absolute atomic E-state index is 0.372. The Balaban J connectivity index is 1.55. The highest BCUT2D eigenvalue weighted by molar-refractivity contribution is 5.61. The summed E-state index contributed by atoms with van der Waals surface area (Å²) in [6, 6.07) is 6.89. The van der Waals surface area contributed by atoms with Crippen LogP contribution in [0.2, 0.25) is 0 Å². The molecular weight excluding hydrogens is 256 g/mol. The number of likely N-dealkylation sites (tertiary alicyclic amines) is 1. The molecule has 3 aliphatic rings. The maximum absolute atomic E-state index is 3.64. The van der Waals surface area contributed by atoms with Crippen LogP contribution in [0.25, 0.3) is 0 Å². The molecule has 2 aliphatic heterocycles. The van der Waals surface area contributed by atoms with E-state index in [1.165, 1.54) is 55.7 Å². The largest absolute Gasteiger partial charge is 0.384 e. The molecule has 0 radical (unpaired) electrons. The molecule has 1 aromatic carbocycles. The number of piperidine rings is 1. The lowest BCUT2D eigenvalue weighted by molar-refractivity contribution is 0.210. The van der Waals surface area contributed by atoms with Gasteiger partial charge >= 0.3 is 0 Å². The van der Waals surface area contributed by atoms with Gasteiger partial charge in [-0.15, -0.1) is 0 Å². The second kappa shape index (κ2) is 4.94. The number of nitrogens with one attached hydrogen (secondary N) is 1. The van der Waals surface area contributed by atoms with Crippen LogP contribution in [0.3, 0.4) is 0 Å². The molecule has 1 spiro atoms. The average molecular weight is 280 g/mol. The number of nitrogens with zero attached hydrogens (tertiary/aromatic N) is 1. The van der Waals surface area contributed by atoms with Gasteiger partial charge in [0.2, 0.25) is 0 Å². The van der Waals surface area contributed by atoms with E-state index in [9.17, 15) is 0 Å². The maximum atomic E-state index is 3.64. The van der Waals surface area contributed by atoms with Gasteiger partial charge in [0.05, 0.1) is 0 Å². The molecule has 1 fully saturated rings. The van der Waals surface area contributed by atoms with E-state index in [4.69, 9.17) is 0 Å². The van der Waals surface area contributed by atoms with Gasteiger partial charge in [0, 0.05) is 36.4 Å². The van der Waals surface area contributed by atoms with Gasteiger partial charge in [-0.25, -0.2) is 0 Å². The van der Waals surface area contributed by atoms with Crippen LogP contribution in [0.5, 0.6) is 0 Å². The predicted octanol–water partition coefficient (Wildman–Crippen LogP) is 3.99. The summed E-state index contributed by atoms with van der Waals surface area (Å²) in [5, 5.41) is 3.64. The molecule has 0 unspecified atom stereocenters. The second-order valence-corrected chi connectivity index (χ2v) is 6.78. The molecule has 2 heterocycles. The number of allylic oxidation sites excluding steroid dienone is 3. The van der Waals surface area contributed by atoms with Crippen molar-refractivity contribution in [2.75, 3.05) is 25.0 Å². The fraction of sp³-hybridized carbons (Fsp3) is 0.474. The summed E-state index contributed by atoms with van der Waals surface area (Å²) in [6.07, 6.45) is 12.0. The normalized spacial score (nSPS) is 22.9. The summed E-state index contributed by atoms with van der Waals surface area (Å²) < 4.78 is 0. The van der Waals surface area contributed by atoms with E-state index in [0.717, 1.165) is 6.54 Å². The third-order valence-corrected chi connectivity index (χ3v) is 5.42. The summed E-state index contributed by atoms with van der Waals surface area (Å²) in [5.41, 5.74) is 6.14. The van der Waals surface area contributed by atoms with Crippen LogP contribution in [0.1, 0.15) is 36.8 Å². The van der Waals surface area contributed by atoms with Crippen molar-refractivity contribution in [3.05, 3.63) is 53.3 Å². The van der Waals surface area contributed by atoms with E-state index in [-0.39, 0.29) is 0 Å². The zero-order valence-corrected chi connectivity index (χ0v) is 12.9. The molecule has 0 saturated carbocycles. The molecule has 1 aliphatic carbocycles. The summed E-state index contributed by atoms with van der Waals surface area (Å²) in [5.74, 6) is 0. The molecule has 4 rings (SSSR count). The van der Waals surface area contributed by atoms with E-state index in [0.29, 0.717) is 5.41 Å². The monoisotopic (exact) mass is 280 g/mol. The SMILES string of the molecule is Cc1ccc2c(c1)C1(CCN(C3=CCCC=C3)CC1)CN2. The molecule has 21 heavy (non-hydrogen) atoms. The highest BCUT2D eigenvalue weighted by Crippen LogP contribution is 2.44. The summed E-state index contributed by atoms with van der Waals surface area (Å²) >= 11 is 0. The van der Waals surface area contributed by atoms with Gasteiger partial charge in [0.15, 0.2) is 0 Å². The molecule has 0 amide bonds. The van der Waals surface area contributed by atoms with Crippen molar-refractivity contribution in [3.63, 3.8) is 0 Å². The molecular formula is C19H24N2. The van der Waals surface area contributed by atoms with Crippen LogP contribution in [-0.2, 0) is 5.41 Å². The van der Waals surface area contributed by atoms with Crippen LogP contribution in [0.15, 0.2) is 42.1 Å². The molecule has 110 valence electrons. The van der Waals surface area contributed by atoms with Crippen molar-refractivity contribution in [2.45, 2.75) is 38.0 Å². The highest BCUT2D eigenvalue weighted by Gasteiger charge is 2.41. The number of rotatable bonds is 1. The van der Waals surface area contributed by atoms with Gasteiger partial charge in [-0.05, 0) is 50.3 Å². The molecule has 0 atom stereocenters. The van der Waals surface area contributed by atoms with Crippen molar-refractivity contribution in [2.24, 2.45) is 0 Å². The number of benzene rings is 1. The first-order valence-corrected chi connectivity index (χ1v) is 8.24. The summed E-state index contributed by atoms with van der Waals surface area (Å²) in [4.78, 5) is 2.58. The molecule has 1 aromatic rings. The van der Waals surface area contributed by atoms with Gasteiger partial charge in [0.1, 0.15) is 0 Å². The fourth-order valence-electron chi connectivity index (χ4n) is 4.08. The summed E-state index contributed by atoms with van der Waals surface area (Å²) in [7, 11) is 0. The van der Waals surface area contributed by atoms with Gasteiger partial charge < -0.3 is 10.2 Å². The zero-order chi connectivity index (χ0) is 14.3. The smallest absolute Gasteiger partial charge is 0.0379 e. The topological polar surface area (TPSA) is 15.3 Å². The van der Waals surface area contributed by atoms with Crippen molar-refractivity contribution < 1.29 is 0 Å². The molecule has 2 nitrogen and oxygen atoms in total. The van der Waals surface area contributed by atoms with Crippen molar-refractivity contribution >= 4 is 5.69 Å². The molecule has 2 heteroatoms. The lowest BCUT2D eigenvalue weighted by atomic mass is 9.74. The van der Waals surface area contributed by atoms with E-state index < -0.39 is 0 Å². The van der Waals surface area contributed by atoms with Gasteiger partial charge in [-0.3, -0.25) is 0 Å². The van der Waals surface area contributed by atoms with E-state index >= 15 is 0 Å². The zero-order valence-electron chi connectivity index (χ0n) is 12.9. The third kappa shape index (κ3) is 2.17. The molecule has 1 saturated heterocycles. The molecule has 0 aromatic heterocycles. The molecule has 1 N–H and O–H groups in total. The van der Waals surface area contributed by atoms with Crippen LogP contribution in [0, 0.1) is 6.92 Å². The first-order chi connectivity index (χ1) is 10.3. The van der Waals surface area contributed by atoms with Crippen LogP contribution in [0.4, 0.5) is 5.69 Å². The Morgan fingerprint density at radius 3 is 2.76 bits per heavy atom. The van der Waals surface area contributed by atoms with Crippen molar-refractivity contribution in [1.29, 1.82) is 0 Å². The maximum Gasteiger partial charge on any atom is 0.0379 e. The van der Waals surface area contributed by atoms with E-state index in [1.54, 1.807) is 5.56 Å². The number of aryl methyl sites for hydroxylation is 1. The summed E-state index contributed by atoms with van der Waals surface area (Å²) in [6.45, 7) is 5.70. The fourth-order valence-corrected chi connectivity index (χ4v) is 4.08. The quantitative estimate of drug-likeness (QED) is 0.837. The number of hydrogen-bond acceptors (Lipinski definition) is 2. The standard InChI is InChI=1S/C19H24N2/c1-15-7-8-18-17(13-15)19(14-20-18)9-11-21(12-10-19)16-5-3-2-4-6-16/h3,5-8,13,20H,2,4,9-12,14H2,1H3. The highest BCUT2D eigenvalue weighted by atomic mass is 15.1. The van der Waals surface area contributed by atoms with Crippen LogP contribution < -0.4 is 5.32 Å². The van der Waals surface area contributed by atoms with Crippen molar-refractivity contribution in [1.82, 2.24) is 4.90 Å². The first kappa shape index (κ1) is 13.0. The van der Waals surface area contributed by atoms with Crippen LogP contribution in [-0.4, -0.2) is 24.5 Å². The first-order valence-electron chi connectivity index (χ1n) is 8.24. The third-order valence-electron chi connectivity index (χ3n) is 5.42. The Morgan fingerprint density at radius 2 is 2.00 bits per heavy atom. The lowest BCUT2D eigenvalue weighted by Gasteiger charge is -2.41. The Morgan fingerprint density at radius 1 is 1.14 bits per heavy atom. The van der Waals surface area contributed by atoms with E-state index in [2.05, 4.69) is 53.6 Å². The number of anilines is 1. The van der Waals surface area contributed by atoms with Crippen molar-refractivity contribution in [3.8, 4) is 0 Å². The van der Waals surface area contributed by atoms with Gasteiger partial charge in [-0.1, -0.05) is 29.8 Å². The Bertz CT molecular complexity index is 604. The average Bonchev–Trinajstić information content (AvgIpc) is 2.87. The Kier molecular flexibility index (Phi) is 3.06. The number of hydrogen-bond donors (Lipinski definition) is 1. The minimum atomic E-state index is 0.372. The van der Waals surface area contributed by atoms with Gasteiger partial charge in [-0.2, -0.15) is 0 Å². The minimum Gasteiger partial charge on any atom is -0.384 e. The lowest BCUT2D eigenvalue weighted by Crippen LogP contribution is -2.43. The van der Waals surface area contributed by atoms with E-state index in [1.807, 2.05) is 0 Å².